The lowest BCUT2D eigenvalue weighted by Gasteiger charge is -2.33. The molecule has 1 unspecified atom stereocenters. The highest BCUT2D eigenvalue weighted by atomic mass is 32.2. The van der Waals surface area contributed by atoms with Crippen molar-refractivity contribution < 1.29 is 13.2 Å². The molecule has 186 valence electrons. The van der Waals surface area contributed by atoms with Gasteiger partial charge < -0.3 is 4.90 Å². The van der Waals surface area contributed by atoms with Crippen molar-refractivity contribution in [3.63, 3.8) is 0 Å². The molecule has 1 aliphatic heterocycles. The normalized spacial score (nSPS) is 15.9. The highest BCUT2D eigenvalue weighted by Gasteiger charge is 2.31. The summed E-state index contributed by atoms with van der Waals surface area (Å²) in [6.07, 6.45) is 1.96. The van der Waals surface area contributed by atoms with Gasteiger partial charge in [-0.3, -0.25) is 18.7 Å². The maximum Gasteiger partial charge on any atom is 0.330 e. The Bertz CT molecular complexity index is 1470. The summed E-state index contributed by atoms with van der Waals surface area (Å²) in [5.41, 5.74) is 0.0813. The van der Waals surface area contributed by atoms with Crippen LogP contribution in [-0.2, 0) is 35.3 Å². The van der Waals surface area contributed by atoms with Crippen LogP contribution in [0.4, 0.5) is 0 Å². The molecule has 35 heavy (non-hydrogen) atoms. The Morgan fingerprint density at radius 3 is 2.34 bits per heavy atom. The second kappa shape index (κ2) is 9.79. The minimum absolute atomic E-state index is 0.105. The van der Waals surface area contributed by atoms with Crippen molar-refractivity contribution in [2.75, 3.05) is 13.1 Å². The number of nitrogens with zero attached hydrogens (tertiary/aromatic N) is 3. The van der Waals surface area contributed by atoms with E-state index in [1.54, 1.807) is 4.90 Å². The number of piperidine rings is 1. The predicted octanol–water partition coefficient (Wildman–Crippen LogP) is 1.39. The van der Waals surface area contributed by atoms with E-state index in [0.29, 0.717) is 24.5 Å². The first-order valence-electron chi connectivity index (χ1n) is 11.6. The molecular weight excluding hydrogens is 468 g/mol. The number of aryl methyl sites for hydroxylation is 1. The molecule has 1 saturated heterocycles. The summed E-state index contributed by atoms with van der Waals surface area (Å²) in [7, 11) is -1.29. The van der Waals surface area contributed by atoms with Gasteiger partial charge in [0.1, 0.15) is 6.04 Å². The number of fused-ring (bicyclic) bond motifs is 1. The SMILES string of the molecule is CC1CCN(C(=O)C(Cc2ccccc2)NS(=O)(=O)c2ccc3c(c2)c(=O)n(C)c(=O)n3C)CC1. The summed E-state index contributed by atoms with van der Waals surface area (Å²) >= 11 is 0. The smallest absolute Gasteiger partial charge is 0.330 e. The number of benzene rings is 2. The average Bonchev–Trinajstić information content (AvgIpc) is 2.86. The number of hydrogen-bond acceptors (Lipinski definition) is 5. The van der Waals surface area contributed by atoms with Crippen LogP contribution in [0.3, 0.4) is 0 Å². The molecule has 1 atom stereocenters. The van der Waals surface area contributed by atoms with Gasteiger partial charge in [0.2, 0.25) is 15.9 Å². The van der Waals surface area contributed by atoms with Crippen LogP contribution in [-0.4, -0.2) is 47.5 Å². The first-order valence-corrected chi connectivity index (χ1v) is 13.1. The lowest BCUT2D eigenvalue weighted by atomic mass is 9.98. The van der Waals surface area contributed by atoms with Crippen molar-refractivity contribution in [2.45, 2.75) is 37.1 Å². The highest BCUT2D eigenvalue weighted by molar-refractivity contribution is 7.89. The van der Waals surface area contributed by atoms with Crippen molar-refractivity contribution in [1.29, 1.82) is 0 Å². The third-order valence-corrected chi connectivity index (χ3v) is 8.19. The number of sulfonamides is 1. The van der Waals surface area contributed by atoms with Gasteiger partial charge in [0.25, 0.3) is 5.56 Å². The van der Waals surface area contributed by atoms with Gasteiger partial charge in [-0.25, -0.2) is 13.2 Å². The van der Waals surface area contributed by atoms with Crippen LogP contribution in [0.25, 0.3) is 10.9 Å². The van der Waals surface area contributed by atoms with Crippen LogP contribution < -0.4 is 16.0 Å². The lowest BCUT2D eigenvalue weighted by molar-refractivity contribution is -0.134. The number of nitrogens with one attached hydrogen (secondary N) is 1. The van der Waals surface area contributed by atoms with Gasteiger partial charge in [-0.2, -0.15) is 4.72 Å². The van der Waals surface area contributed by atoms with Gasteiger partial charge in [0.05, 0.1) is 15.8 Å². The second-order valence-electron chi connectivity index (χ2n) is 9.26. The quantitative estimate of drug-likeness (QED) is 0.552. The van der Waals surface area contributed by atoms with Gasteiger partial charge in [0, 0.05) is 27.2 Å². The van der Waals surface area contributed by atoms with E-state index in [4.69, 9.17) is 0 Å². The van der Waals surface area contributed by atoms with Gasteiger partial charge in [0.15, 0.2) is 0 Å². The molecular formula is C25H30N4O5S. The van der Waals surface area contributed by atoms with Gasteiger partial charge in [-0.1, -0.05) is 37.3 Å². The zero-order valence-electron chi connectivity index (χ0n) is 20.1. The molecule has 1 aromatic heterocycles. The van der Waals surface area contributed by atoms with Crippen LogP contribution in [0.15, 0.2) is 63.0 Å². The second-order valence-corrected chi connectivity index (χ2v) is 11.0. The molecule has 0 spiro atoms. The molecule has 2 aromatic carbocycles. The summed E-state index contributed by atoms with van der Waals surface area (Å²) in [5.74, 6) is 0.267. The third kappa shape index (κ3) is 5.08. The molecule has 3 aromatic rings. The number of amides is 1. The molecule has 1 fully saturated rings. The van der Waals surface area contributed by atoms with Crippen molar-refractivity contribution >= 4 is 26.8 Å². The van der Waals surface area contributed by atoms with Gasteiger partial charge in [-0.05, 0) is 48.9 Å². The number of carbonyl (C=O) groups is 1. The summed E-state index contributed by atoms with van der Waals surface area (Å²) in [5, 5.41) is 0.105. The Hall–Kier alpha value is -3.24. The number of rotatable bonds is 6. The average molecular weight is 499 g/mol. The van der Waals surface area contributed by atoms with Crippen molar-refractivity contribution in [3.8, 4) is 0 Å². The molecule has 0 saturated carbocycles. The number of hydrogen-bond donors (Lipinski definition) is 1. The summed E-state index contributed by atoms with van der Waals surface area (Å²) < 4.78 is 31.6. The number of likely N-dealkylation sites (tertiary alicyclic amines) is 1. The first-order chi connectivity index (χ1) is 16.6. The Morgan fingerprint density at radius 2 is 1.69 bits per heavy atom. The molecule has 1 N–H and O–H groups in total. The molecule has 2 heterocycles. The molecule has 1 amide bonds. The fourth-order valence-electron chi connectivity index (χ4n) is 4.48. The predicted molar refractivity (Wildman–Crippen MR) is 134 cm³/mol. The molecule has 0 radical (unpaired) electrons. The molecule has 10 heteroatoms. The molecule has 0 bridgehead atoms. The topological polar surface area (TPSA) is 110 Å². The largest absolute Gasteiger partial charge is 0.341 e. The maximum atomic E-state index is 13.4. The number of carbonyl (C=O) groups excluding carboxylic acids is 1. The van der Waals surface area contributed by atoms with Gasteiger partial charge in [-0.15, -0.1) is 0 Å². The van der Waals surface area contributed by atoms with E-state index in [-0.39, 0.29) is 22.6 Å². The van der Waals surface area contributed by atoms with Crippen LogP contribution in [0.1, 0.15) is 25.3 Å². The molecule has 1 aliphatic rings. The van der Waals surface area contributed by atoms with Crippen LogP contribution in [0.5, 0.6) is 0 Å². The van der Waals surface area contributed by atoms with E-state index in [1.165, 1.54) is 36.9 Å². The minimum Gasteiger partial charge on any atom is -0.341 e. The Morgan fingerprint density at radius 1 is 1.03 bits per heavy atom. The molecule has 0 aliphatic carbocycles. The monoisotopic (exact) mass is 498 g/mol. The Balaban J connectivity index is 1.69. The third-order valence-electron chi connectivity index (χ3n) is 6.72. The summed E-state index contributed by atoms with van der Waals surface area (Å²) in [4.78, 5) is 39.9. The Kier molecular flexibility index (Phi) is 6.95. The zero-order valence-corrected chi connectivity index (χ0v) is 20.9. The van der Waals surface area contributed by atoms with E-state index in [0.717, 1.165) is 23.0 Å². The molecule has 9 nitrogen and oxygen atoms in total. The van der Waals surface area contributed by atoms with Crippen molar-refractivity contribution in [3.05, 3.63) is 74.9 Å². The van der Waals surface area contributed by atoms with Gasteiger partial charge >= 0.3 is 5.69 Å². The number of aromatic nitrogens is 2. The zero-order chi connectivity index (χ0) is 25.3. The Labute approximate surface area is 204 Å². The van der Waals surface area contributed by atoms with Crippen LogP contribution in [0.2, 0.25) is 0 Å². The minimum atomic E-state index is -4.15. The van der Waals surface area contributed by atoms with E-state index in [1.807, 2.05) is 30.3 Å². The van der Waals surface area contributed by atoms with E-state index in [9.17, 15) is 22.8 Å². The summed E-state index contributed by atoms with van der Waals surface area (Å²) in [6, 6.07) is 12.3. The van der Waals surface area contributed by atoms with E-state index < -0.39 is 27.3 Å². The van der Waals surface area contributed by atoms with Crippen LogP contribution in [0, 0.1) is 5.92 Å². The van der Waals surface area contributed by atoms with Crippen LogP contribution >= 0.6 is 0 Å². The standard InChI is InChI=1S/C25H30N4O5S/c1-17-11-13-29(14-12-17)24(31)21(15-18-7-5-4-6-8-18)26-35(33,34)19-9-10-22-20(16-19)23(30)28(3)25(32)27(22)2/h4-10,16-17,21,26H,11-15H2,1-3H3. The summed E-state index contributed by atoms with van der Waals surface area (Å²) in [6.45, 7) is 3.33. The van der Waals surface area contributed by atoms with E-state index >= 15 is 0 Å². The van der Waals surface area contributed by atoms with Crippen molar-refractivity contribution in [2.24, 2.45) is 20.0 Å². The lowest BCUT2D eigenvalue weighted by Crippen LogP contribution is -2.51. The fraction of sp³-hybridized carbons (Fsp3) is 0.400. The maximum absolute atomic E-state index is 13.4. The fourth-order valence-corrected chi connectivity index (χ4v) is 5.69. The van der Waals surface area contributed by atoms with E-state index in [2.05, 4.69) is 11.6 Å². The molecule has 4 rings (SSSR count). The highest BCUT2D eigenvalue weighted by Crippen LogP contribution is 2.20. The van der Waals surface area contributed by atoms with Crippen molar-refractivity contribution in [1.82, 2.24) is 18.8 Å². The first kappa shape index (κ1) is 24.9.